The summed E-state index contributed by atoms with van der Waals surface area (Å²) in [4.78, 5) is 0.520. The first-order valence-electron chi connectivity index (χ1n) is 9.85. The fourth-order valence-corrected chi connectivity index (χ4v) is 6.24. The van der Waals surface area contributed by atoms with Gasteiger partial charge in [0.05, 0.1) is 9.79 Å². The van der Waals surface area contributed by atoms with E-state index in [0.717, 1.165) is 36.8 Å². The molecule has 3 rings (SSSR count). The zero-order valence-corrected chi connectivity index (χ0v) is 18.4. The maximum atomic E-state index is 12.5. The summed E-state index contributed by atoms with van der Waals surface area (Å²) in [6.07, 6.45) is 4.37. The van der Waals surface area contributed by atoms with E-state index in [0.29, 0.717) is 12.0 Å². The minimum absolute atomic E-state index is 0.0271. The molecule has 2 aromatic carbocycles. The van der Waals surface area contributed by atoms with Gasteiger partial charge in [-0.05, 0) is 62.4 Å². The molecule has 0 amide bonds. The molecule has 29 heavy (non-hydrogen) atoms. The van der Waals surface area contributed by atoms with Gasteiger partial charge in [0, 0.05) is 12.6 Å². The fraction of sp³-hybridized carbons (Fsp3) is 0.429. The van der Waals surface area contributed by atoms with Crippen molar-refractivity contribution in [2.24, 2.45) is 0 Å². The van der Waals surface area contributed by atoms with E-state index in [1.54, 1.807) is 43.3 Å². The Morgan fingerprint density at radius 2 is 1.55 bits per heavy atom. The lowest BCUT2D eigenvalue weighted by molar-refractivity contribution is 0.552. The SMILES string of the molecule is Cc1ccc(S(=O)(=O)NCCc2ccc(S(=O)(=O)NC3CCCC3)cc2)c(C)c1. The summed E-state index contributed by atoms with van der Waals surface area (Å²) in [5, 5.41) is 0. The van der Waals surface area contributed by atoms with Gasteiger partial charge in [-0.3, -0.25) is 0 Å². The van der Waals surface area contributed by atoms with E-state index >= 15 is 0 Å². The first-order chi connectivity index (χ1) is 13.7. The van der Waals surface area contributed by atoms with E-state index in [4.69, 9.17) is 0 Å². The zero-order chi connectivity index (χ0) is 21.1. The Morgan fingerprint density at radius 1 is 0.897 bits per heavy atom. The van der Waals surface area contributed by atoms with Crippen molar-refractivity contribution in [3.63, 3.8) is 0 Å². The molecule has 158 valence electrons. The van der Waals surface area contributed by atoms with Gasteiger partial charge >= 0.3 is 0 Å². The number of aryl methyl sites for hydroxylation is 2. The highest BCUT2D eigenvalue weighted by atomic mass is 32.2. The van der Waals surface area contributed by atoms with Crippen LogP contribution < -0.4 is 9.44 Å². The van der Waals surface area contributed by atoms with Crippen LogP contribution in [0.25, 0.3) is 0 Å². The van der Waals surface area contributed by atoms with E-state index in [2.05, 4.69) is 9.44 Å². The Hall–Kier alpha value is -1.74. The van der Waals surface area contributed by atoms with Crippen molar-refractivity contribution in [2.45, 2.75) is 61.8 Å². The Balaban J connectivity index is 1.58. The molecule has 1 fully saturated rings. The second-order valence-electron chi connectivity index (χ2n) is 7.66. The molecule has 2 N–H and O–H groups in total. The fourth-order valence-electron chi connectivity index (χ4n) is 3.67. The molecule has 6 nitrogen and oxygen atoms in total. The Labute approximate surface area is 173 Å². The first kappa shape index (κ1) is 22.0. The lowest BCUT2D eigenvalue weighted by Gasteiger charge is -2.13. The largest absolute Gasteiger partial charge is 0.240 e. The quantitative estimate of drug-likeness (QED) is 0.665. The summed E-state index contributed by atoms with van der Waals surface area (Å²) in [5.41, 5.74) is 2.59. The minimum Gasteiger partial charge on any atom is -0.211 e. The summed E-state index contributed by atoms with van der Waals surface area (Å²) in [6.45, 7) is 3.94. The molecule has 0 aromatic heterocycles. The van der Waals surface area contributed by atoms with Crippen LogP contribution in [0.3, 0.4) is 0 Å². The van der Waals surface area contributed by atoms with Crippen molar-refractivity contribution in [2.75, 3.05) is 6.54 Å². The third-order valence-corrected chi connectivity index (χ3v) is 8.39. The summed E-state index contributed by atoms with van der Waals surface area (Å²) in [5.74, 6) is 0. The number of rotatable bonds is 8. The summed E-state index contributed by atoms with van der Waals surface area (Å²) in [6, 6.07) is 11.9. The van der Waals surface area contributed by atoms with Gasteiger partial charge in [-0.1, -0.05) is 42.7 Å². The predicted molar refractivity (Wildman–Crippen MR) is 114 cm³/mol. The normalized spacial score (nSPS) is 15.7. The van der Waals surface area contributed by atoms with Crippen molar-refractivity contribution in [1.29, 1.82) is 0 Å². The van der Waals surface area contributed by atoms with Crippen LogP contribution in [0.2, 0.25) is 0 Å². The van der Waals surface area contributed by atoms with Crippen LogP contribution in [0.1, 0.15) is 42.4 Å². The lowest BCUT2D eigenvalue weighted by Crippen LogP contribution is -2.32. The van der Waals surface area contributed by atoms with Crippen LogP contribution in [-0.2, 0) is 26.5 Å². The van der Waals surface area contributed by atoms with Crippen LogP contribution in [0.4, 0.5) is 0 Å². The third kappa shape index (κ3) is 5.66. The van der Waals surface area contributed by atoms with Gasteiger partial charge in [0.15, 0.2) is 0 Å². The Bertz CT molecular complexity index is 1060. The maximum absolute atomic E-state index is 12.5. The molecule has 0 spiro atoms. The zero-order valence-electron chi connectivity index (χ0n) is 16.8. The molecule has 0 atom stereocenters. The second kappa shape index (κ2) is 8.95. The van der Waals surface area contributed by atoms with E-state index < -0.39 is 20.0 Å². The van der Waals surface area contributed by atoms with E-state index in [1.165, 1.54) is 0 Å². The topological polar surface area (TPSA) is 92.3 Å². The molecule has 0 unspecified atom stereocenters. The average molecular weight is 437 g/mol. The number of benzene rings is 2. The number of sulfonamides is 2. The van der Waals surface area contributed by atoms with Crippen molar-refractivity contribution >= 4 is 20.0 Å². The second-order valence-corrected chi connectivity index (χ2v) is 11.1. The number of hydrogen-bond donors (Lipinski definition) is 2. The molecule has 0 heterocycles. The van der Waals surface area contributed by atoms with Crippen molar-refractivity contribution in [3.8, 4) is 0 Å². The van der Waals surface area contributed by atoms with Crippen LogP contribution in [0, 0.1) is 13.8 Å². The van der Waals surface area contributed by atoms with Crippen LogP contribution in [-0.4, -0.2) is 29.4 Å². The molecular formula is C21H28N2O4S2. The molecule has 0 bridgehead atoms. The lowest BCUT2D eigenvalue weighted by atomic mass is 10.2. The standard InChI is InChI=1S/C21H28N2O4S2/c1-16-7-12-21(17(2)15-16)29(26,27)22-14-13-18-8-10-20(11-9-18)28(24,25)23-19-5-3-4-6-19/h7-12,15,19,22-23H,3-6,13-14H2,1-2H3. The average Bonchev–Trinajstić information content (AvgIpc) is 3.14. The minimum atomic E-state index is -3.58. The highest BCUT2D eigenvalue weighted by Crippen LogP contribution is 2.21. The molecule has 1 saturated carbocycles. The Morgan fingerprint density at radius 3 is 2.17 bits per heavy atom. The van der Waals surface area contributed by atoms with Crippen LogP contribution in [0.15, 0.2) is 52.3 Å². The number of nitrogens with one attached hydrogen (secondary N) is 2. The highest BCUT2D eigenvalue weighted by molar-refractivity contribution is 7.89. The molecule has 0 saturated heterocycles. The van der Waals surface area contributed by atoms with Crippen molar-refractivity contribution < 1.29 is 16.8 Å². The van der Waals surface area contributed by atoms with Gasteiger partial charge < -0.3 is 0 Å². The van der Waals surface area contributed by atoms with E-state index in [9.17, 15) is 16.8 Å². The molecule has 8 heteroatoms. The number of hydrogen-bond acceptors (Lipinski definition) is 4. The third-order valence-electron chi connectivity index (χ3n) is 5.24. The summed E-state index contributed by atoms with van der Waals surface area (Å²) < 4.78 is 55.3. The van der Waals surface area contributed by atoms with E-state index in [1.807, 2.05) is 13.0 Å². The van der Waals surface area contributed by atoms with E-state index in [-0.39, 0.29) is 22.4 Å². The van der Waals surface area contributed by atoms with Gasteiger partial charge in [0.2, 0.25) is 20.0 Å². The van der Waals surface area contributed by atoms with Gasteiger partial charge in [0.25, 0.3) is 0 Å². The first-order valence-corrected chi connectivity index (χ1v) is 12.8. The van der Waals surface area contributed by atoms with Gasteiger partial charge in [0.1, 0.15) is 0 Å². The smallest absolute Gasteiger partial charge is 0.211 e. The van der Waals surface area contributed by atoms with Gasteiger partial charge in [-0.2, -0.15) is 0 Å². The van der Waals surface area contributed by atoms with Crippen molar-refractivity contribution in [3.05, 3.63) is 59.2 Å². The predicted octanol–water partition coefficient (Wildman–Crippen LogP) is 3.05. The molecule has 1 aliphatic rings. The van der Waals surface area contributed by atoms with Gasteiger partial charge in [-0.15, -0.1) is 0 Å². The monoisotopic (exact) mass is 436 g/mol. The summed E-state index contributed by atoms with van der Waals surface area (Å²) >= 11 is 0. The van der Waals surface area contributed by atoms with Gasteiger partial charge in [-0.25, -0.2) is 26.3 Å². The summed E-state index contributed by atoms with van der Waals surface area (Å²) in [7, 11) is -7.09. The molecule has 2 aromatic rings. The maximum Gasteiger partial charge on any atom is 0.240 e. The van der Waals surface area contributed by atoms with Crippen LogP contribution >= 0.6 is 0 Å². The molecule has 0 radical (unpaired) electrons. The molecule has 0 aliphatic heterocycles. The van der Waals surface area contributed by atoms with Crippen molar-refractivity contribution in [1.82, 2.24) is 9.44 Å². The molecule has 1 aliphatic carbocycles. The Kier molecular flexibility index (Phi) is 6.78. The molecular weight excluding hydrogens is 408 g/mol. The van der Waals surface area contributed by atoms with Crippen LogP contribution in [0.5, 0.6) is 0 Å². The highest BCUT2D eigenvalue weighted by Gasteiger charge is 2.22.